The Morgan fingerprint density at radius 1 is 0.971 bits per heavy atom. The molecular formula is C27H32N2O5S. The minimum atomic E-state index is -0.866. The van der Waals surface area contributed by atoms with Crippen LogP contribution in [0.2, 0.25) is 0 Å². The van der Waals surface area contributed by atoms with Crippen molar-refractivity contribution in [1.82, 2.24) is 10.6 Å². The van der Waals surface area contributed by atoms with Crippen molar-refractivity contribution in [3.05, 3.63) is 59.7 Å². The van der Waals surface area contributed by atoms with E-state index in [2.05, 4.69) is 34.9 Å². The van der Waals surface area contributed by atoms with Crippen LogP contribution in [0.3, 0.4) is 0 Å². The molecule has 0 unspecified atom stereocenters. The van der Waals surface area contributed by atoms with E-state index >= 15 is 0 Å². The number of ether oxygens (including phenoxy) is 1. The third kappa shape index (κ3) is 6.36. The highest BCUT2D eigenvalue weighted by Gasteiger charge is 2.37. The predicted octanol–water partition coefficient (Wildman–Crippen LogP) is 4.55. The Balaban J connectivity index is 1.34. The molecule has 2 aliphatic rings. The quantitative estimate of drug-likeness (QED) is 0.417. The molecule has 0 atom stereocenters. The fraction of sp³-hybridized carbons (Fsp3) is 0.444. The van der Waals surface area contributed by atoms with Crippen LogP contribution in [0.25, 0.3) is 11.1 Å². The van der Waals surface area contributed by atoms with E-state index in [4.69, 9.17) is 9.84 Å². The van der Waals surface area contributed by atoms with Gasteiger partial charge in [0.25, 0.3) is 0 Å². The number of carbonyl (C=O) groups is 3. The molecule has 0 spiro atoms. The maximum atomic E-state index is 12.9. The zero-order valence-electron chi connectivity index (χ0n) is 19.8. The van der Waals surface area contributed by atoms with Crippen LogP contribution in [0.1, 0.15) is 55.6 Å². The Kier molecular flexibility index (Phi) is 8.33. The van der Waals surface area contributed by atoms with Crippen molar-refractivity contribution in [3.8, 4) is 11.1 Å². The number of alkyl carbamates (subject to hydrolysis) is 1. The summed E-state index contributed by atoms with van der Waals surface area (Å²) in [7, 11) is 0. The largest absolute Gasteiger partial charge is 0.481 e. The highest BCUT2D eigenvalue weighted by molar-refractivity contribution is 7.99. The zero-order chi connectivity index (χ0) is 24.7. The summed E-state index contributed by atoms with van der Waals surface area (Å²) in [5, 5.41) is 14.6. The summed E-state index contributed by atoms with van der Waals surface area (Å²) < 4.78 is 5.74. The van der Waals surface area contributed by atoms with E-state index in [9.17, 15) is 14.4 Å². The molecule has 0 radical (unpaired) electrons. The van der Waals surface area contributed by atoms with Gasteiger partial charge in [-0.1, -0.05) is 67.8 Å². The minimum Gasteiger partial charge on any atom is -0.481 e. The van der Waals surface area contributed by atoms with E-state index in [0.29, 0.717) is 12.3 Å². The number of carbonyl (C=O) groups excluding carboxylic acids is 2. The molecule has 8 heteroatoms. The molecule has 35 heavy (non-hydrogen) atoms. The Morgan fingerprint density at radius 3 is 2.23 bits per heavy atom. The first-order valence-corrected chi connectivity index (χ1v) is 13.3. The van der Waals surface area contributed by atoms with Gasteiger partial charge in [-0.05, 0) is 35.1 Å². The first-order valence-electron chi connectivity index (χ1n) is 12.2. The van der Waals surface area contributed by atoms with Gasteiger partial charge in [-0.2, -0.15) is 0 Å². The van der Waals surface area contributed by atoms with Crippen molar-refractivity contribution < 1.29 is 24.2 Å². The number of thioether (sulfide) groups is 1. The highest BCUT2D eigenvalue weighted by atomic mass is 32.2. The molecule has 1 fully saturated rings. The topological polar surface area (TPSA) is 105 Å². The number of nitrogens with one attached hydrogen (secondary N) is 2. The van der Waals surface area contributed by atoms with Crippen molar-refractivity contribution >= 4 is 29.7 Å². The summed E-state index contributed by atoms with van der Waals surface area (Å²) in [4.78, 5) is 36.1. The summed E-state index contributed by atoms with van der Waals surface area (Å²) >= 11 is 1.26. The fourth-order valence-electron chi connectivity index (χ4n) is 5.22. The first kappa shape index (κ1) is 25.1. The summed E-state index contributed by atoms with van der Waals surface area (Å²) in [6.07, 6.45) is 4.16. The average molecular weight is 497 g/mol. The van der Waals surface area contributed by atoms with Gasteiger partial charge in [0.2, 0.25) is 5.91 Å². The second-order valence-corrected chi connectivity index (χ2v) is 10.4. The second kappa shape index (κ2) is 11.6. The van der Waals surface area contributed by atoms with E-state index in [1.807, 2.05) is 24.3 Å². The Morgan fingerprint density at radius 2 is 1.60 bits per heavy atom. The number of carboxylic acid groups (broad SMARTS) is 1. The number of hydrogen-bond acceptors (Lipinski definition) is 5. The van der Waals surface area contributed by atoms with Gasteiger partial charge >= 0.3 is 12.1 Å². The van der Waals surface area contributed by atoms with Crippen LogP contribution in [0, 0.1) is 0 Å². The van der Waals surface area contributed by atoms with Crippen LogP contribution >= 0.6 is 11.8 Å². The molecule has 0 saturated heterocycles. The van der Waals surface area contributed by atoms with E-state index in [1.165, 1.54) is 22.9 Å². The number of rotatable bonds is 10. The maximum absolute atomic E-state index is 12.9. The molecule has 2 amide bonds. The van der Waals surface area contributed by atoms with Crippen LogP contribution in [0.4, 0.5) is 4.79 Å². The lowest BCUT2D eigenvalue weighted by Gasteiger charge is -2.37. The molecule has 0 bridgehead atoms. The van der Waals surface area contributed by atoms with E-state index in [-0.39, 0.29) is 30.6 Å². The SMILES string of the molecule is O=C(O)CSCCNC(=O)CC1(NC(=O)OCC2c3ccccc3-c3ccccc32)CCCCC1. The Hall–Kier alpha value is -3.00. The van der Waals surface area contributed by atoms with Crippen molar-refractivity contribution in [2.24, 2.45) is 0 Å². The van der Waals surface area contributed by atoms with E-state index in [1.54, 1.807) is 0 Å². The van der Waals surface area contributed by atoms with Crippen LogP contribution in [-0.4, -0.2) is 53.3 Å². The van der Waals surface area contributed by atoms with Crippen LogP contribution in [0.15, 0.2) is 48.5 Å². The monoisotopic (exact) mass is 496 g/mol. The maximum Gasteiger partial charge on any atom is 0.407 e. The van der Waals surface area contributed by atoms with Gasteiger partial charge < -0.3 is 20.5 Å². The Labute approximate surface area is 210 Å². The van der Waals surface area contributed by atoms with Crippen molar-refractivity contribution in [3.63, 3.8) is 0 Å². The van der Waals surface area contributed by atoms with Crippen LogP contribution in [-0.2, 0) is 14.3 Å². The normalized spacial score (nSPS) is 16.1. The zero-order valence-corrected chi connectivity index (χ0v) is 20.6. The number of carboxylic acids is 1. The van der Waals surface area contributed by atoms with E-state index < -0.39 is 17.6 Å². The van der Waals surface area contributed by atoms with Crippen molar-refractivity contribution in [2.75, 3.05) is 24.7 Å². The summed E-state index contributed by atoms with van der Waals surface area (Å²) in [6.45, 7) is 0.640. The lowest BCUT2D eigenvalue weighted by atomic mass is 9.79. The fourth-order valence-corrected chi connectivity index (χ4v) is 5.78. The third-order valence-corrected chi connectivity index (χ3v) is 7.76. The molecule has 186 valence electrons. The molecule has 2 aliphatic carbocycles. The summed E-state index contributed by atoms with van der Waals surface area (Å²) in [6, 6.07) is 16.4. The number of aliphatic carboxylic acids is 1. The average Bonchev–Trinajstić information content (AvgIpc) is 3.16. The number of benzene rings is 2. The van der Waals surface area contributed by atoms with Gasteiger partial charge in [0.1, 0.15) is 6.61 Å². The first-order chi connectivity index (χ1) is 17.0. The molecule has 0 aromatic heterocycles. The molecule has 3 N–H and O–H groups in total. The number of hydrogen-bond donors (Lipinski definition) is 3. The highest BCUT2D eigenvalue weighted by Crippen LogP contribution is 2.44. The Bertz CT molecular complexity index is 1020. The number of amides is 2. The third-order valence-electron chi connectivity index (χ3n) is 6.81. The molecule has 7 nitrogen and oxygen atoms in total. The van der Waals surface area contributed by atoms with Gasteiger partial charge in [0, 0.05) is 24.6 Å². The smallest absolute Gasteiger partial charge is 0.407 e. The molecule has 2 aromatic rings. The molecule has 0 aliphatic heterocycles. The molecule has 0 heterocycles. The molecule has 2 aromatic carbocycles. The van der Waals surface area contributed by atoms with Gasteiger partial charge in [0.05, 0.1) is 11.3 Å². The molecule has 4 rings (SSSR count). The minimum absolute atomic E-state index is 0.0120. The second-order valence-electron chi connectivity index (χ2n) is 9.26. The summed E-state index contributed by atoms with van der Waals surface area (Å²) in [5.74, 6) is -0.466. The van der Waals surface area contributed by atoms with Crippen molar-refractivity contribution in [1.29, 1.82) is 0 Å². The van der Waals surface area contributed by atoms with Gasteiger partial charge in [-0.25, -0.2) is 4.79 Å². The molecular weight excluding hydrogens is 464 g/mol. The van der Waals surface area contributed by atoms with Crippen LogP contribution in [0.5, 0.6) is 0 Å². The standard InChI is InChI=1S/C27H32N2O5S/c30-24(28-14-15-35-18-25(31)32)16-27(12-6-1-7-13-27)29-26(33)34-17-23-21-10-4-2-8-19(21)20-9-3-5-11-22(20)23/h2-5,8-11,23H,1,6-7,12-18H2,(H,28,30)(H,29,33)(H,31,32). The lowest BCUT2D eigenvalue weighted by Crippen LogP contribution is -2.52. The van der Waals surface area contributed by atoms with Crippen molar-refractivity contribution in [2.45, 2.75) is 50.0 Å². The predicted molar refractivity (Wildman–Crippen MR) is 137 cm³/mol. The molecule has 1 saturated carbocycles. The van der Waals surface area contributed by atoms with E-state index in [0.717, 1.165) is 43.2 Å². The van der Waals surface area contributed by atoms with Gasteiger partial charge in [-0.3, -0.25) is 9.59 Å². The summed E-state index contributed by atoms with van der Waals surface area (Å²) in [5.41, 5.74) is 4.07. The van der Waals surface area contributed by atoms with Crippen LogP contribution < -0.4 is 10.6 Å². The lowest BCUT2D eigenvalue weighted by molar-refractivity contribution is -0.134. The number of fused-ring (bicyclic) bond motifs is 3. The van der Waals surface area contributed by atoms with Gasteiger partial charge in [-0.15, -0.1) is 11.8 Å². The van der Waals surface area contributed by atoms with Gasteiger partial charge in [0.15, 0.2) is 0 Å².